The summed E-state index contributed by atoms with van der Waals surface area (Å²) in [6.07, 6.45) is 5.54. The Morgan fingerprint density at radius 1 is 1.22 bits per heavy atom. The van der Waals surface area contributed by atoms with Gasteiger partial charge in [0.2, 0.25) is 5.91 Å². The largest absolute Gasteiger partial charge is 0.483 e. The Morgan fingerprint density at radius 3 is 2.50 bits per heavy atom. The van der Waals surface area contributed by atoms with Crippen molar-refractivity contribution in [2.45, 2.75) is 51.8 Å². The van der Waals surface area contributed by atoms with Crippen LogP contribution in [0, 0.1) is 20.8 Å². The first-order valence-electron chi connectivity index (χ1n) is 11.0. The van der Waals surface area contributed by atoms with Gasteiger partial charge >= 0.3 is 0 Å². The number of aryl methyl sites for hydroxylation is 3. The molecule has 0 unspecified atom stereocenters. The SMILES string of the molecule is Cc1cc(C)c(-c2nccn2[C@@H]2C[C@H]3CO[C@@H](CC(=O)N(C)C)CN3C2)c(C)c1.O=CO. The highest BCUT2D eigenvalue weighted by molar-refractivity contribution is 5.76. The Balaban J connectivity index is 0.000000913. The van der Waals surface area contributed by atoms with Crippen LogP contribution in [0.2, 0.25) is 0 Å². The zero-order valence-electron chi connectivity index (χ0n) is 19.6. The van der Waals surface area contributed by atoms with Gasteiger partial charge in [0.25, 0.3) is 6.47 Å². The third-order valence-electron chi connectivity index (χ3n) is 6.33. The molecule has 0 bridgehead atoms. The molecular formula is C24H34N4O4. The second kappa shape index (κ2) is 10.3. The lowest BCUT2D eigenvalue weighted by molar-refractivity contribution is -0.134. The summed E-state index contributed by atoms with van der Waals surface area (Å²) in [5.74, 6) is 1.19. The first-order chi connectivity index (χ1) is 15.2. The quantitative estimate of drug-likeness (QED) is 0.733. The van der Waals surface area contributed by atoms with Crippen LogP contribution >= 0.6 is 0 Å². The number of fused-ring (bicyclic) bond motifs is 1. The summed E-state index contributed by atoms with van der Waals surface area (Å²) in [5.41, 5.74) is 5.08. The summed E-state index contributed by atoms with van der Waals surface area (Å²) in [7, 11) is 3.60. The summed E-state index contributed by atoms with van der Waals surface area (Å²) in [6, 6.07) is 5.27. The molecule has 0 spiro atoms. The fraction of sp³-hybridized carbons (Fsp3) is 0.542. The average molecular weight is 443 g/mol. The van der Waals surface area contributed by atoms with E-state index < -0.39 is 0 Å². The normalized spacial score (nSPS) is 22.6. The minimum Gasteiger partial charge on any atom is -0.483 e. The maximum atomic E-state index is 12.1. The fourth-order valence-electron chi connectivity index (χ4n) is 4.95. The summed E-state index contributed by atoms with van der Waals surface area (Å²) < 4.78 is 8.38. The number of aromatic nitrogens is 2. The highest BCUT2D eigenvalue weighted by Gasteiger charge is 2.39. The van der Waals surface area contributed by atoms with Gasteiger partial charge in [-0.05, 0) is 38.3 Å². The molecular weight excluding hydrogens is 408 g/mol. The Bertz CT molecular complexity index is 932. The van der Waals surface area contributed by atoms with Crippen LogP contribution in [-0.4, -0.2) is 82.8 Å². The molecule has 2 saturated heterocycles. The number of carboxylic acid groups (broad SMARTS) is 1. The molecule has 8 nitrogen and oxygen atoms in total. The smallest absolute Gasteiger partial charge is 0.290 e. The van der Waals surface area contributed by atoms with E-state index in [4.69, 9.17) is 19.6 Å². The van der Waals surface area contributed by atoms with Crippen molar-refractivity contribution >= 4 is 12.4 Å². The monoisotopic (exact) mass is 442 g/mol. The molecule has 0 aliphatic carbocycles. The molecule has 8 heteroatoms. The highest BCUT2D eigenvalue weighted by Crippen LogP contribution is 2.35. The van der Waals surface area contributed by atoms with Crippen LogP contribution in [-0.2, 0) is 14.3 Å². The minimum absolute atomic E-state index is 0.0104. The van der Waals surface area contributed by atoms with E-state index in [-0.39, 0.29) is 18.5 Å². The first-order valence-corrected chi connectivity index (χ1v) is 11.0. The molecule has 2 aliphatic rings. The van der Waals surface area contributed by atoms with Crippen molar-refractivity contribution in [3.8, 4) is 11.4 Å². The molecule has 1 aromatic heterocycles. The third kappa shape index (κ3) is 5.19. The fourth-order valence-corrected chi connectivity index (χ4v) is 4.95. The molecule has 0 radical (unpaired) electrons. The van der Waals surface area contributed by atoms with Gasteiger partial charge in [-0.2, -0.15) is 0 Å². The number of benzene rings is 1. The molecule has 2 aromatic rings. The van der Waals surface area contributed by atoms with Crippen molar-refractivity contribution in [3.05, 3.63) is 41.2 Å². The number of hydrogen-bond donors (Lipinski definition) is 1. The van der Waals surface area contributed by atoms with Crippen molar-refractivity contribution in [1.29, 1.82) is 0 Å². The number of carbonyl (C=O) groups is 2. The van der Waals surface area contributed by atoms with Crippen molar-refractivity contribution in [2.75, 3.05) is 33.8 Å². The van der Waals surface area contributed by atoms with Gasteiger partial charge in [0.15, 0.2) is 0 Å². The van der Waals surface area contributed by atoms with Gasteiger partial charge in [0.1, 0.15) is 5.82 Å². The van der Waals surface area contributed by atoms with E-state index in [1.807, 2.05) is 6.20 Å². The zero-order valence-corrected chi connectivity index (χ0v) is 19.6. The van der Waals surface area contributed by atoms with E-state index in [1.54, 1.807) is 19.0 Å². The Labute approximate surface area is 189 Å². The molecule has 4 rings (SSSR count). The van der Waals surface area contributed by atoms with E-state index in [2.05, 4.69) is 48.6 Å². The lowest BCUT2D eigenvalue weighted by Crippen LogP contribution is -2.47. The molecule has 32 heavy (non-hydrogen) atoms. The van der Waals surface area contributed by atoms with E-state index in [9.17, 15) is 4.79 Å². The zero-order chi connectivity index (χ0) is 23.4. The summed E-state index contributed by atoms with van der Waals surface area (Å²) in [5, 5.41) is 6.89. The summed E-state index contributed by atoms with van der Waals surface area (Å²) in [6.45, 7) is 8.75. The van der Waals surface area contributed by atoms with Crippen LogP contribution in [0.1, 0.15) is 35.6 Å². The maximum absolute atomic E-state index is 12.1. The standard InChI is InChI=1S/C23H32N4O2.CH2O2/c1-15-8-16(2)22(17(3)9-15)23-24-6-7-27(23)18-10-19-14-29-20(13-26(19)12-18)11-21(28)25(4)5;2-1-3/h6-9,18-20H,10-14H2,1-5H3;1H,(H,2,3)/t18-,19+,20+;/m1./s1. The second-order valence-electron chi connectivity index (χ2n) is 8.98. The van der Waals surface area contributed by atoms with Crippen LogP contribution in [0.3, 0.4) is 0 Å². The Hall–Kier alpha value is -2.71. The van der Waals surface area contributed by atoms with Crippen LogP contribution in [0.4, 0.5) is 0 Å². The Morgan fingerprint density at radius 2 is 1.88 bits per heavy atom. The molecule has 0 saturated carbocycles. The number of morpholine rings is 1. The molecule has 1 N–H and O–H groups in total. The van der Waals surface area contributed by atoms with Crippen LogP contribution < -0.4 is 0 Å². The van der Waals surface area contributed by atoms with E-state index in [0.29, 0.717) is 25.1 Å². The van der Waals surface area contributed by atoms with Crippen molar-refractivity contribution in [3.63, 3.8) is 0 Å². The Kier molecular flexibility index (Phi) is 7.69. The lowest BCUT2D eigenvalue weighted by Gasteiger charge is -2.35. The molecule has 1 amide bonds. The summed E-state index contributed by atoms with van der Waals surface area (Å²) >= 11 is 0. The van der Waals surface area contributed by atoms with Crippen molar-refractivity contribution in [2.24, 2.45) is 0 Å². The molecule has 2 aliphatic heterocycles. The number of imidazole rings is 1. The number of rotatable bonds is 4. The molecule has 3 heterocycles. The predicted octanol–water partition coefficient (Wildman–Crippen LogP) is 2.67. The number of hydrogen-bond acceptors (Lipinski definition) is 5. The van der Waals surface area contributed by atoms with E-state index >= 15 is 0 Å². The molecule has 1 aromatic carbocycles. The number of nitrogens with zero attached hydrogens (tertiary/aromatic N) is 4. The van der Waals surface area contributed by atoms with E-state index in [1.165, 1.54) is 22.3 Å². The van der Waals surface area contributed by atoms with Gasteiger partial charge in [0, 0.05) is 57.2 Å². The molecule has 3 atom stereocenters. The van der Waals surface area contributed by atoms with Crippen molar-refractivity contribution in [1.82, 2.24) is 19.4 Å². The predicted molar refractivity (Wildman–Crippen MR) is 123 cm³/mol. The third-order valence-corrected chi connectivity index (χ3v) is 6.33. The minimum atomic E-state index is -0.250. The topological polar surface area (TPSA) is 87.9 Å². The van der Waals surface area contributed by atoms with Gasteiger partial charge in [-0.15, -0.1) is 0 Å². The maximum Gasteiger partial charge on any atom is 0.290 e. The van der Waals surface area contributed by atoms with Gasteiger partial charge in [0.05, 0.1) is 19.1 Å². The van der Waals surface area contributed by atoms with Crippen molar-refractivity contribution < 1.29 is 19.4 Å². The van der Waals surface area contributed by atoms with Gasteiger partial charge < -0.3 is 19.3 Å². The summed E-state index contributed by atoms with van der Waals surface area (Å²) in [4.78, 5) is 29.3. The number of ether oxygens (including phenoxy) is 1. The van der Waals surface area contributed by atoms with Gasteiger partial charge in [-0.1, -0.05) is 17.7 Å². The second-order valence-corrected chi connectivity index (χ2v) is 8.98. The molecule has 174 valence electrons. The highest BCUT2D eigenvalue weighted by atomic mass is 16.5. The lowest BCUT2D eigenvalue weighted by atomic mass is 9.99. The molecule has 2 fully saturated rings. The number of amides is 1. The van der Waals surface area contributed by atoms with E-state index in [0.717, 1.165) is 25.3 Å². The first kappa shape index (κ1) is 23.9. The van der Waals surface area contributed by atoms with Crippen LogP contribution in [0.5, 0.6) is 0 Å². The van der Waals surface area contributed by atoms with Gasteiger partial charge in [-0.25, -0.2) is 4.98 Å². The average Bonchev–Trinajstić information content (AvgIpc) is 3.34. The van der Waals surface area contributed by atoms with Crippen LogP contribution in [0.25, 0.3) is 11.4 Å². The van der Waals surface area contributed by atoms with Gasteiger partial charge in [-0.3, -0.25) is 14.5 Å². The number of carbonyl (C=O) groups excluding carboxylic acids is 1. The van der Waals surface area contributed by atoms with Crippen LogP contribution in [0.15, 0.2) is 24.5 Å².